The van der Waals surface area contributed by atoms with Crippen molar-refractivity contribution in [3.05, 3.63) is 18.2 Å². The Morgan fingerprint density at radius 3 is 3.08 bits per heavy atom. The van der Waals surface area contributed by atoms with E-state index in [0.29, 0.717) is 6.42 Å². The van der Waals surface area contributed by atoms with E-state index in [4.69, 9.17) is 12.2 Å². The largest absolute Gasteiger partial charge is 0.340 e. The van der Waals surface area contributed by atoms with Crippen molar-refractivity contribution in [1.29, 1.82) is 0 Å². The zero-order valence-corrected chi connectivity index (χ0v) is 7.20. The SMILES string of the molecule is C#CCCC(N)c1cn(C)cn1. The van der Waals surface area contributed by atoms with Gasteiger partial charge in [0.15, 0.2) is 0 Å². The lowest BCUT2D eigenvalue weighted by molar-refractivity contribution is 0.651. The van der Waals surface area contributed by atoms with Crippen molar-refractivity contribution in [2.45, 2.75) is 18.9 Å². The third-order valence-electron chi connectivity index (χ3n) is 1.70. The standard InChI is InChI=1S/C9H13N3/c1-3-4-5-8(10)9-6-12(2)7-11-9/h1,6-8H,4-5,10H2,2H3. The molecule has 64 valence electrons. The molecule has 0 aliphatic carbocycles. The van der Waals surface area contributed by atoms with Crippen LogP contribution in [0.15, 0.2) is 12.5 Å². The van der Waals surface area contributed by atoms with Crippen LogP contribution in [0, 0.1) is 12.3 Å². The Morgan fingerprint density at radius 1 is 1.83 bits per heavy atom. The molecule has 1 aromatic heterocycles. The highest BCUT2D eigenvalue weighted by atomic mass is 15.0. The minimum Gasteiger partial charge on any atom is -0.340 e. The highest BCUT2D eigenvalue weighted by Gasteiger charge is 2.06. The Hall–Kier alpha value is -1.27. The third-order valence-corrected chi connectivity index (χ3v) is 1.70. The Labute approximate surface area is 72.6 Å². The maximum atomic E-state index is 5.82. The predicted molar refractivity (Wildman–Crippen MR) is 48.2 cm³/mol. The maximum absolute atomic E-state index is 5.82. The normalized spacial score (nSPS) is 12.4. The van der Waals surface area contributed by atoms with Crippen LogP contribution in [0.1, 0.15) is 24.6 Å². The van der Waals surface area contributed by atoms with Gasteiger partial charge < -0.3 is 10.3 Å². The number of hydrogen-bond donors (Lipinski definition) is 1. The molecule has 0 aliphatic rings. The van der Waals surface area contributed by atoms with Crippen molar-refractivity contribution in [2.24, 2.45) is 12.8 Å². The van der Waals surface area contributed by atoms with Crippen molar-refractivity contribution >= 4 is 0 Å². The summed E-state index contributed by atoms with van der Waals surface area (Å²) in [6.45, 7) is 0. The van der Waals surface area contributed by atoms with E-state index in [-0.39, 0.29) is 6.04 Å². The molecular weight excluding hydrogens is 150 g/mol. The second-order valence-corrected chi connectivity index (χ2v) is 2.81. The van der Waals surface area contributed by atoms with Crippen molar-refractivity contribution in [3.8, 4) is 12.3 Å². The molecule has 0 amide bonds. The average Bonchev–Trinajstić information content (AvgIpc) is 2.47. The molecule has 1 rings (SSSR count). The molecule has 1 aromatic rings. The van der Waals surface area contributed by atoms with E-state index in [9.17, 15) is 0 Å². The minimum atomic E-state index is -0.0257. The molecule has 3 nitrogen and oxygen atoms in total. The van der Waals surface area contributed by atoms with Gasteiger partial charge >= 0.3 is 0 Å². The molecule has 0 aromatic carbocycles. The highest BCUT2D eigenvalue weighted by molar-refractivity contribution is 5.03. The van der Waals surface area contributed by atoms with Crippen LogP contribution >= 0.6 is 0 Å². The monoisotopic (exact) mass is 163 g/mol. The number of imidazole rings is 1. The van der Waals surface area contributed by atoms with Gasteiger partial charge in [-0.25, -0.2) is 4.98 Å². The van der Waals surface area contributed by atoms with Crippen LogP contribution in [-0.4, -0.2) is 9.55 Å². The van der Waals surface area contributed by atoms with E-state index in [1.165, 1.54) is 0 Å². The first-order valence-corrected chi connectivity index (χ1v) is 3.91. The summed E-state index contributed by atoms with van der Waals surface area (Å²) in [5.41, 5.74) is 6.73. The Morgan fingerprint density at radius 2 is 2.58 bits per heavy atom. The van der Waals surface area contributed by atoms with Crippen molar-refractivity contribution in [3.63, 3.8) is 0 Å². The molecule has 12 heavy (non-hydrogen) atoms. The van der Waals surface area contributed by atoms with E-state index >= 15 is 0 Å². The Kier molecular flexibility index (Phi) is 2.89. The van der Waals surface area contributed by atoms with Gasteiger partial charge in [0.05, 0.1) is 12.0 Å². The summed E-state index contributed by atoms with van der Waals surface area (Å²) in [6, 6.07) is -0.0257. The number of aryl methyl sites for hydroxylation is 1. The second-order valence-electron chi connectivity index (χ2n) is 2.81. The smallest absolute Gasteiger partial charge is 0.0947 e. The van der Waals surface area contributed by atoms with E-state index in [0.717, 1.165) is 12.1 Å². The summed E-state index contributed by atoms with van der Waals surface area (Å²) in [6.07, 6.45) is 10.3. The molecule has 0 spiro atoms. The summed E-state index contributed by atoms with van der Waals surface area (Å²) in [4.78, 5) is 4.14. The molecule has 3 heteroatoms. The molecule has 1 heterocycles. The lowest BCUT2D eigenvalue weighted by atomic mass is 10.1. The van der Waals surface area contributed by atoms with E-state index in [1.807, 2.05) is 17.8 Å². The molecule has 0 fully saturated rings. The van der Waals surface area contributed by atoms with E-state index < -0.39 is 0 Å². The molecule has 0 saturated carbocycles. The van der Waals surface area contributed by atoms with Gasteiger partial charge in [-0.1, -0.05) is 0 Å². The van der Waals surface area contributed by atoms with Gasteiger partial charge in [0.2, 0.25) is 0 Å². The number of rotatable bonds is 3. The Bertz CT molecular complexity index is 282. The van der Waals surface area contributed by atoms with Crippen LogP contribution in [0.25, 0.3) is 0 Å². The summed E-state index contributed by atoms with van der Waals surface area (Å²) in [5, 5.41) is 0. The van der Waals surface area contributed by atoms with Crippen LogP contribution in [0.2, 0.25) is 0 Å². The minimum absolute atomic E-state index is 0.0257. The summed E-state index contributed by atoms with van der Waals surface area (Å²) in [7, 11) is 1.92. The van der Waals surface area contributed by atoms with Gasteiger partial charge in [-0.3, -0.25) is 0 Å². The van der Waals surface area contributed by atoms with Crippen molar-refractivity contribution in [2.75, 3.05) is 0 Å². The second kappa shape index (κ2) is 3.93. The zero-order valence-electron chi connectivity index (χ0n) is 7.20. The molecule has 0 bridgehead atoms. The van der Waals surface area contributed by atoms with E-state index in [1.54, 1.807) is 6.33 Å². The maximum Gasteiger partial charge on any atom is 0.0947 e. The number of nitrogens with two attached hydrogens (primary N) is 1. The molecule has 1 atom stereocenters. The average molecular weight is 163 g/mol. The van der Waals surface area contributed by atoms with Crippen LogP contribution in [-0.2, 0) is 7.05 Å². The summed E-state index contributed by atoms with van der Waals surface area (Å²) < 4.78 is 1.88. The molecule has 1 unspecified atom stereocenters. The zero-order chi connectivity index (χ0) is 8.97. The quantitative estimate of drug-likeness (QED) is 0.671. The Balaban J connectivity index is 2.54. The molecule has 0 saturated heterocycles. The van der Waals surface area contributed by atoms with E-state index in [2.05, 4.69) is 10.9 Å². The number of aromatic nitrogens is 2. The molecular formula is C9H13N3. The fourth-order valence-corrected chi connectivity index (χ4v) is 1.01. The lowest BCUT2D eigenvalue weighted by Crippen LogP contribution is -2.10. The van der Waals surface area contributed by atoms with Gasteiger partial charge in [-0.05, 0) is 6.42 Å². The van der Waals surface area contributed by atoms with Crippen LogP contribution in [0.3, 0.4) is 0 Å². The number of terminal acetylenes is 1. The number of hydrogen-bond acceptors (Lipinski definition) is 2. The van der Waals surface area contributed by atoms with Gasteiger partial charge in [0.25, 0.3) is 0 Å². The first-order chi connectivity index (χ1) is 5.74. The molecule has 0 aliphatic heterocycles. The van der Waals surface area contributed by atoms with Gasteiger partial charge in [0, 0.05) is 25.7 Å². The fraction of sp³-hybridized carbons (Fsp3) is 0.444. The van der Waals surface area contributed by atoms with Gasteiger partial charge in [0.1, 0.15) is 0 Å². The van der Waals surface area contributed by atoms with Crippen LogP contribution in [0.4, 0.5) is 0 Å². The topological polar surface area (TPSA) is 43.8 Å². The first-order valence-electron chi connectivity index (χ1n) is 3.91. The summed E-state index contributed by atoms with van der Waals surface area (Å²) in [5.74, 6) is 2.56. The molecule has 0 radical (unpaired) electrons. The third kappa shape index (κ3) is 2.11. The van der Waals surface area contributed by atoms with Gasteiger partial charge in [-0.2, -0.15) is 0 Å². The van der Waals surface area contributed by atoms with Crippen molar-refractivity contribution in [1.82, 2.24) is 9.55 Å². The molecule has 2 N–H and O–H groups in total. The van der Waals surface area contributed by atoms with Crippen molar-refractivity contribution < 1.29 is 0 Å². The van der Waals surface area contributed by atoms with Crippen LogP contribution in [0.5, 0.6) is 0 Å². The van der Waals surface area contributed by atoms with Gasteiger partial charge in [-0.15, -0.1) is 12.3 Å². The predicted octanol–water partition coefficient (Wildman–Crippen LogP) is 0.833. The van der Waals surface area contributed by atoms with Crippen LogP contribution < -0.4 is 5.73 Å². The fourth-order valence-electron chi connectivity index (χ4n) is 1.01. The highest BCUT2D eigenvalue weighted by Crippen LogP contribution is 2.11. The summed E-state index contributed by atoms with van der Waals surface area (Å²) >= 11 is 0. The number of nitrogens with zero attached hydrogens (tertiary/aromatic N) is 2. The lowest BCUT2D eigenvalue weighted by Gasteiger charge is -2.04. The first kappa shape index (κ1) is 8.82.